The molecular formula is C12H22N4. The van der Waals surface area contributed by atoms with Crippen molar-refractivity contribution in [2.75, 3.05) is 31.5 Å². The van der Waals surface area contributed by atoms with Crippen LogP contribution < -0.4 is 5.32 Å². The lowest BCUT2D eigenvalue weighted by atomic mass is 10.3. The van der Waals surface area contributed by atoms with Crippen LogP contribution in [-0.2, 0) is 0 Å². The third-order valence-corrected chi connectivity index (χ3v) is 3.20. The zero-order valence-electron chi connectivity index (χ0n) is 10.3. The minimum atomic E-state index is 0.495. The Balaban J connectivity index is 1.96. The number of nitrogens with zero attached hydrogens (tertiary/aromatic N) is 3. The molecule has 16 heavy (non-hydrogen) atoms. The molecule has 1 fully saturated rings. The van der Waals surface area contributed by atoms with Crippen molar-refractivity contribution in [2.24, 2.45) is 0 Å². The van der Waals surface area contributed by atoms with E-state index in [-0.39, 0.29) is 0 Å². The normalized spacial score (nSPS) is 18.9. The van der Waals surface area contributed by atoms with Crippen LogP contribution >= 0.6 is 0 Å². The van der Waals surface area contributed by atoms with Gasteiger partial charge in [-0.3, -0.25) is 0 Å². The van der Waals surface area contributed by atoms with Crippen molar-refractivity contribution in [1.82, 2.24) is 14.5 Å². The number of aromatic nitrogens is 2. The third-order valence-electron chi connectivity index (χ3n) is 3.20. The monoisotopic (exact) mass is 222 g/mol. The summed E-state index contributed by atoms with van der Waals surface area (Å²) in [5.74, 6) is 0.995. The van der Waals surface area contributed by atoms with Gasteiger partial charge < -0.3 is 14.8 Å². The maximum Gasteiger partial charge on any atom is 0.203 e. The fourth-order valence-electron chi connectivity index (χ4n) is 2.39. The van der Waals surface area contributed by atoms with E-state index in [1.165, 1.54) is 25.9 Å². The van der Waals surface area contributed by atoms with E-state index < -0.39 is 0 Å². The zero-order valence-corrected chi connectivity index (χ0v) is 10.3. The molecule has 0 radical (unpaired) electrons. The second kappa shape index (κ2) is 5.34. The second-order valence-electron chi connectivity index (χ2n) is 4.55. The fraction of sp³-hybridized carbons (Fsp3) is 0.750. The first kappa shape index (κ1) is 11.5. The predicted octanol–water partition coefficient (Wildman–Crippen LogP) is 1.97. The van der Waals surface area contributed by atoms with Crippen LogP contribution in [0, 0.1) is 0 Å². The van der Waals surface area contributed by atoms with Gasteiger partial charge >= 0.3 is 0 Å². The molecule has 4 heteroatoms. The summed E-state index contributed by atoms with van der Waals surface area (Å²) in [6, 6.07) is 0.495. The quantitative estimate of drug-likeness (QED) is 0.827. The van der Waals surface area contributed by atoms with E-state index in [2.05, 4.69) is 39.8 Å². The summed E-state index contributed by atoms with van der Waals surface area (Å²) in [5, 5.41) is 3.30. The molecule has 0 amide bonds. The SMILES string of the molecule is CCNc1nccn1C(C)CN1CCCC1. The Kier molecular flexibility index (Phi) is 3.83. The lowest BCUT2D eigenvalue weighted by molar-refractivity contribution is 0.289. The number of imidazole rings is 1. The van der Waals surface area contributed by atoms with Crippen LogP contribution in [0.1, 0.15) is 32.7 Å². The number of rotatable bonds is 5. The van der Waals surface area contributed by atoms with Gasteiger partial charge in [0.15, 0.2) is 0 Å². The average Bonchev–Trinajstić information content (AvgIpc) is 2.89. The van der Waals surface area contributed by atoms with Gasteiger partial charge in [0.1, 0.15) is 0 Å². The van der Waals surface area contributed by atoms with E-state index in [1.807, 2.05) is 6.20 Å². The molecule has 0 spiro atoms. The van der Waals surface area contributed by atoms with E-state index in [9.17, 15) is 0 Å². The van der Waals surface area contributed by atoms with Gasteiger partial charge in [0.2, 0.25) is 5.95 Å². The van der Waals surface area contributed by atoms with Gasteiger partial charge in [-0.15, -0.1) is 0 Å². The first-order chi connectivity index (χ1) is 7.81. The van der Waals surface area contributed by atoms with E-state index in [1.54, 1.807) is 0 Å². The van der Waals surface area contributed by atoms with Crippen LogP contribution in [-0.4, -0.2) is 40.6 Å². The number of anilines is 1. The Morgan fingerprint density at radius 2 is 2.19 bits per heavy atom. The van der Waals surface area contributed by atoms with Crippen LogP contribution in [0.5, 0.6) is 0 Å². The molecule has 1 unspecified atom stereocenters. The molecule has 0 saturated carbocycles. The molecule has 1 aromatic heterocycles. The highest BCUT2D eigenvalue weighted by Crippen LogP contribution is 2.17. The molecule has 1 aliphatic heterocycles. The standard InChI is InChI=1S/C12H22N4/c1-3-13-12-14-6-9-16(12)11(2)10-15-7-4-5-8-15/h6,9,11H,3-5,7-8,10H2,1-2H3,(H,13,14). The van der Waals surface area contributed by atoms with E-state index >= 15 is 0 Å². The van der Waals surface area contributed by atoms with Gasteiger partial charge in [0.25, 0.3) is 0 Å². The Morgan fingerprint density at radius 3 is 2.88 bits per heavy atom. The van der Waals surface area contributed by atoms with Gasteiger partial charge in [-0.05, 0) is 39.8 Å². The molecule has 4 nitrogen and oxygen atoms in total. The van der Waals surface area contributed by atoms with Crippen molar-refractivity contribution in [3.05, 3.63) is 12.4 Å². The average molecular weight is 222 g/mol. The van der Waals surface area contributed by atoms with E-state index in [0.29, 0.717) is 6.04 Å². The Labute approximate surface area is 97.7 Å². The maximum atomic E-state index is 4.33. The molecule has 2 heterocycles. The Bertz CT molecular complexity index is 315. The van der Waals surface area contributed by atoms with Crippen LogP contribution in [0.3, 0.4) is 0 Å². The van der Waals surface area contributed by atoms with Crippen molar-refractivity contribution in [3.63, 3.8) is 0 Å². The van der Waals surface area contributed by atoms with Crippen LogP contribution in [0.4, 0.5) is 5.95 Å². The van der Waals surface area contributed by atoms with Crippen LogP contribution in [0.15, 0.2) is 12.4 Å². The number of nitrogens with one attached hydrogen (secondary N) is 1. The minimum Gasteiger partial charge on any atom is -0.356 e. The van der Waals surface area contributed by atoms with Gasteiger partial charge in [-0.25, -0.2) is 4.98 Å². The summed E-state index contributed by atoms with van der Waals surface area (Å²) in [6.45, 7) is 8.94. The molecule has 1 atom stereocenters. The molecule has 2 rings (SSSR count). The molecule has 0 bridgehead atoms. The van der Waals surface area contributed by atoms with Crippen LogP contribution in [0.25, 0.3) is 0 Å². The molecule has 1 saturated heterocycles. The third kappa shape index (κ3) is 2.55. The molecule has 1 aromatic rings. The van der Waals surface area contributed by atoms with Crippen LogP contribution in [0.2, 0.25) is 0 Å². The number of hydrogen-bond acceptors (Lipinski definition) is 3. The Morgan fingerprint density at radius 1 is 1.44 bits per heavy atom. The lowest BCUT2D eigenvalue weighted by Crippen LogP contribution is -2.27. The van der Waals surface area contributed by atoms with Gasteiger partial charge in [-0.1, -0.05) is 0 Å². The summed E-state index contributed by atoms with van der Waals surface area (Å²) in [4.78, 5) is 6.88. The maximum absolute atomic E-state index is 4.33. The molecule has 0 aliphatic carbocycles. The molecule has 1 aliphatic rings. The topological polar surface area (TPSA) is 33.1 Å². The highest BCUT2D eigenvalue weighted by Gasteiger charge is 2.16. The smallest absolute Gasteiger partial charge is 0.203 e. The highest BCUT2D eigenvalue weighted by molar-refractivity contribution is 5.26. The van der Waals surface area contributed by atoms with Crippen molar-refractivity contribution >= 4 is 5.95 Å². The van der Waals surface area contributed by atoms with E-state index in [0.717, 1.165) is 19.0 Å². The molecular weight excluding hydrogens is 200 g/mol. The first-order valence-corrected chi connectivity index (χ1v) is 6.30. The van der Waals surface area contributed by atoms with Crippen molar-refractivity contribution in [3.8, 4) is 0 Å². The minimum absolute atomic E-state index is 0.495. The summed E-state index contributed by atoms with van der Waals surface area (Å²) in [7, 11) is 0. The highest BCUT2D eigenvalue weighted by atomic mass is 15.2. The van der Waals surface area contributed by atoms with Gasteiger partial charge in [0.05, 0.1) is 0 Å². The summed E-state index contributed by atoms with van der Waals surface area (Å²) in [5.41, 5.74) is 0. The number of likely N-dealkylation sites (tertiary alicyclic amines) is 1. The predicted molar refractivity (Wildman–Crippen MR) is 66.8 cm³/mol. The summed E-state index contributed by atoms with van der Waals surface area (Å²) < 4.78 is 2.24. The lowest BCUT2D eigenvalue weighted by Gasteiger charge is -2.22. The molecule has 1 N–H and O–H groups in total. The van der Waals surface area contributed by atoms with Crippen molar-refractivity contribution in [2.45, 2.75) is 32.7 Å². The van der Waals surface area contributed by atoms with Crippen molar-refractivity contribution in [1.29, 1.82) is 0 Å². The first-order valence-electron chi connectivity index (χ1n) is 6.30. The van der Waals surface area contributed by atoms with E-state index in [4.69, 9.17) is 0 Å². The van der Waals surface area contributed by atoms with Gasteiger partial charge in [-0.2, -0.15) is 0 Å². The second-order valence-corrected chi connectivity index (χ2v) is 4.55. The number of hydrogen-bond donors (Lipinski definition) is 1. The summed E-state index contributed by atoms with van der Waals surface area (Å²) in [6.07, 6.45) is 6.66. The molecule has 0 aromatic carbocycles. The van der Waals surface area contributed by atoms with Gasteiger partial charge in [0, 0.05) is 31.5 Å². The fourth-order valence-corrected chi connectivity index (χ4v) is 2.39. The zero-order chi connectivity index (χ0) is 11.4. The summed E-state index contributed by atoms with van der Waals surface area (Å²) >= 11 is 0. The molecule has 90 valence electrons. The Hall–Kier alpha value is -1.03. The largest absolute Gasteiger partial charge is 0.356 e. The van der Waals surface area contributed by atoms with Crippen molar-refractivity contribution < 1.29 is 0 Å².